The molecule has 0 aromatic carbocycles. The lowest BCUT2D eigenvalue weighted by atomic mass is 10.2. The fourth-order valence-electron chi connectivity index (χ4n) is 0.464. The highest BCUT2D eigenvalue weighted by Crippen LogP contribution is 2.28. The van der Waals surface area contributed by atoms with Crippen molar-refractivity contribution in [3.05, 3.63) is 0 Å². The molecular formula is C5H6F6O. The molecule has 1 nitrogen and oxygen atoms in total. The van der Waals surface area contributed by atoms with E-state index in [1.165, 1.54) is 0 Å². The number of rotatable bonds is 2. The summed E-state index contributed by atoms with van der Waals surface area (Å²) in [4.78, 5) is 0. The van der Waals surface area contributed by atoms with E-state index in [0.717, 1.165) is 0 Å². The van der Waals surface area contributed by atoms with Gasteiger partial charge in [0.2, 0.25) is 0 Å². The minimum Gasteiger partial charge on any atom is -0.384 e. The summed E-state index contributed by atoms with van der Waals surface area (Å²) in [6, 6.07) is 0. The third-order valence-electron chi connectivity index (χ3n) is 1.08. The van der Waals surface area contributed by atoms with Crippen molar-refractivity contribution in [1.29, 1.82) is 0 Å². The quantitative estimate of drug-likeness (QED) is 0.671. The first kappa shape index (κ1) is 11.5. The zero-order chi connectivity index (χ0) is 9.99. The van der Waals surface area contributed by atoms with Crippen molar-refractivity contribution in [2.45, 2.75) is 31.3 Å². The van der Waals surface area contributed by atoms with Gasteiger partial charge in [0.05, 0.1) is 0 Å². The van der Waals surface area contributed by atoms with Crippen molar-refractivity contribution in [1.82, 2.24) is 0 Å². The van der Waals surface area contributed by atoms with Gasteiger partial charge in [0, 0.05) is 6.42 Å². The van der Waals surface area contributed by atoms with Crippen LogP contribution in [0.3, 0.4) is 0 Å². The van der Waals surface area contributed by atoms with E-state index in [1.54, 1.807) is 0 Å². The standard InChI is InChI=1S/C5H6F6O/c6-4(7,8)2-1-3(12)5(9,10)11/h3,12H,1-2H2. The molecule has 1 atom stereocenters. The van der Waals surface area contributed by atoms with Crippen molar-refractivity contribution in [3.8, 4) is 0 Å². The van der Waals surface area contributed by atoms with E-state index >= 15 is 0 Å². The van der Waals surface area contributed by atoms with Crippen LogP contribution in [-0.4, -0.2) is 23.6 Å². The Morgan fingerprint density at radius 1 is 1.00 bits per heavy atom. The minimum absolute atomic E-state index is 1.34. The van der Waals surface area contributed by atoms with E-state index in [9.17, 15) is 26.3 Å². The molecule has 0 rings (SSSR count). The Bertz CT molecular complexity index is 136. The fourth-order valence-corrected chi connectivity index (χ4v) is 0.464. The van der Waals surface area contributed by atoms with Gasteiger partial charge in [-0.2, -0.15) is 26.3 Å². The molecule has 0 aliphatic rings. The molecule has 0 saturated heterocycles. The lowest BCUT2D eigenvalue weighted by molar-refractivity contribution is -0.215. The Morgan fingerprint density at radius 2 is 1.42 bits per heavy atom. The Kier molecular flexibility index (Phi) is 3.37. The normalized spacial score (nSPS) is 16.2. The van der Waals surface area contributed by atoms with Crippen molar-refractivity contribution in [2.24, 2.45) is 0 Å². The maximum absolute atomic E-state index is 11.4. The Balaban J connectivity index is 3.80. The molecule has 0 aromatic heterocycles. The average molecular weight is 196 g/mol. The van der Waals surface area contributed by atoms with E-state index in [4.69, 9.17) is 5.11 Å². The first-order valence-corrected chi connectivity index (χ1v) is 2.94. The number of hydrogen-bond acceptors (Lipinski definition) is 1. The number of hydrogen-bond donors (Lipinski definition) is 1. The molecule has 0 bridgehead atoms. The van der Waals surface area contributed by atoms with E-state index < -0.39 is 31.3 Å². The predicted molar refractivity (Wildman–Crippen MR) is 27.4 cm³/mol. The number of halogens is 6. The van der Waals surface area contributed by atoms with Gasteiger partial charge in [-0.25, -0.2) is 0 Å². The summed E-state index contributed by atoms with van der Waals surface area (Å²) in [5.41, 5.74) is 0. The fraction of sp³-hybridized carbons (Fsp3) is 1.00. The van der Waals surface area contributed by atoms with Crippen molar-refractivity contribution in [2.75, 3.05) is 0 Å². The molecule has 0 aromatic rings. The second kappa shape index (κ2) is 3.51. The van der Waals surface area contributed by atoms with Gasteiger partial charge in [-0.1, -0.05) is 0 Å². The predicted octanol–water partition coefficient (Wildman–Crippen LogP) is 2.25. The summed E-state index contributed by atoms with van der Waals surface area (Å²) >= 11 is 0. The van der Waals surface area contributed by atoms with Crippen LogP contribution in [0.15, 0.2) is 0 Å². The SMILES string of the molecule is OC(CCC(F)(F)F)C(F)(F)F. The number of aliphatic hydroxyl groups is 1. The molecular weight excluding hydrogens is 190 g/mol. The molecule has 0 aliphatic carbocycles. The van der Waals surface area contributed by atoms with E-state index in [1.807, 2.05) is 0 Å². The molecule has 74 valence electrons. The maximum atomic E-state index is 11.4. The van der Waals surface area contributed by atoms with Gasteiger partial charge in [-0.05, 0) is 6.42 Å². The van der Waals surface area contributed by atoms with Crippen LogP contribution in [0.4, 0.5) is 26.3 Å². The molecule has 0 amide bonds. The van der Waals surface area contributed by atoms with Gasteiger partial charge >= 0.3 is 12.4 Å². The largest absolute Gasteiger partial charge is 0.414 e. The van der Waals surface area contributed by atoms with Crippen LogP contribution in [0.5, 0.6) is 0 Å². The monoisotopic (exact) mass is 196 g/mol. The van der Waals surface area contributed by atoms with Crippen molar-refractivity contribution in [3.63, 3.8) is 0 Å². The highest BCUT2D eigenvalue weighted by molar-refractivity contribution is 4.66. The first-order valence-electron chi connectivity index (χ1n) is 2.94. The van der Waals surface area contributed by atoms with E-state index in [0.29, 0.717) is 0 Å². The van der Waals surface area contributed by atoms with E-state index in [2.05, 4.69) is 0 Å². The Hall–Kier alpha value is -0.460. The second-order valence-electron chi connectivity index (χ2n) is 2.21. The Morgan fingerprint density at radius 3 is 1.67 bits per heavy atom. The van der Waals surface area contributed by atoms with Crippen LogP contribution in [-0.2, 0) is 0 Å². The molecule has 0 radical (unpaired) electrons. The highest BCUT2D eigenvalue weighted by atomic mass is 19.4. The highest BCUT2D eigenvalue weighted by Gasteiger charge is 2.40. The van der Waals surface area contributed by atoms with Gasteiger partial charge in [0.1, 0.15) is 6.10 Å². The van der Waals surface area contributed by atoms with Crippen molar-refractivity contribution >= 4 is 0 Å². The number of alkyl halides is 6. The summed E-state index contributed by atoms with van der Waals surface area (Å²) in [7, 11) is 0. The summed E-state index contributed by atoms with van der Waals surface area (Å²) < 4.78 is 68.2. The minimum atomic E-state index is -4.97. The summed E-state index contributed by atoms with van der Waals surface area (Å²) in [6.07, 6.45) is -15.5. The Labute approximate surface area is 64.0 Å². The molecule has 0 spiro atoms. The molecule has 0 aliphatic heterocycles. The van der Waals surface area contributed by atoms with Gasteiger partial charge in [-0.15, -0.1) is 0 Å². The zero-order valence-corrected chi connectivity index (χ0v) is 5.71. The topological polar surface area (TPSA) is 20.2 Å². The van der Waals surface area contributed by atoms with Crippen molar-refractivity contribution < 1.29 is 31.4 Å². The molecule has 0 fully saturated rings. The molecule has 0 saturated carbocycles. The van der Waals surface area contributed by atoms with Gasteiger partial charge in [-0.3, -0.25) is 0 Å². The zero-order valence-electron chi connectivity index (χ0n) is 5.71. The summed E-state index contributed by atoms with van der Waals surface area (Å²) in [5, 5.41) is 8.12. The van der Waals surface area contributed by atoms with Crippen LogP contribution < -0.4 is 0 Å². The third kappa shape index (κ3) is 5.22. The molecule has 1 N–H and O–H groups in total. The molecule has 1 unspecified atom stereocenters. The van der Waals surface area contributed by atoms with Crippen LogP contribution in [0.25, 0.3) is 0 Å². The average Bonchev–Trinajstić information content (AvgIpc) is 1.78. The maximum Gasteiger partial charge on any atom is 0.414 e. The third-order valence-corrected chi connectivity index (χ3v) is 1.08. The molecule has 7 heteroatoms. The van der Waals surface area contributed by atoms with Gasteiger partial charge in [0.25, 0.3) is 0 Å². The van der Waals surface area contributed by atoms with Gasteiger partial charge in [0.15, 0.2) is 0 Å². The van der Waals surface area contributed by atoms with E-state index in [-0.39, 0.29) is 0 Å². The summed E-state index contributed by atoms with van der Waals surface area (Å²) in [6.45, 7) is 0. The number of aliphatic hydroxyl groups excluding tert-OH is 1. The summed E-state index contributed by atoms with van der Waals surface area (Å²) in [5.74, 6) is 0. The smallest absolute Gasteiger partial charge is 0.384 e. The lowest BCUT2D eigenvalue weighted by Crippen LogP contribution is -2.29. The second-order valence-corrected chi connectivity index (χ2v) is 2.21. The molecule has 0 heterocycles. The lowest BCUT2D eigenvalue weighted by Gasteiger charge is -2.14. The van der Waals surface area contributed by atoms with Crippen LogP contribution in [0.2, 0.25) is 0 Å². The van der Waals surface area contributed by atoms with Crippen LogP contribution in [0.1, 0.15) is 12.8 Å². The molecule has 12 heavy (non-hydrogen) atoms. The van der Waals surface area contributed by atoms with Gasteiger partial charge < -0.3 is 5.11 Å². The van der Waals surface area contributed by atoms with Crippen LogP contribution >= 0.6 is 0 Å². The first-order chi connectivity index (χ1) is 5.13. The van der Waals surface area contributed by atoms with Crippen LogP contribution in [0, 0.1) is 0 Å².